The third-order valence-corrected chi connectivity index (χ3v) is 8.90. The van der Waals surface area contributed by atoms with Gasteiger partial charge in [0.2, 0.25) is 11.8 Å². The van der Waals surface area contributed by atoms with E-state index in [-0.39, 0.29) is 43.2 Å². The van der Waals surface area contributed by atoms with Crippen LogP contribution in [0.2, 0.25) is 0 Å². The maximum absolute atomic E-state index is 13.5. The number of hydrogen-bond donors (Lipinski definition) is 4. The highest BCUT2D eigenvalue weighted by atomic mass is 16.5. The van der Waals surface area contributed by atoms with Crippen molar-refractivity contribution in [3.05, 3.63) is 64.7 Å². The summed E-state index contributed by atoms with van der Waals surface area (Å²) in [6.45, 7) is 9.69. The quantitative estimate of drug-likeness (QED) is 0.143. The molecule has 2 amide bonds. The molecule has 258 valence electrons. The van der Waals surface area contributed by atoms with Crippen molar-refractivity contribution in [3.8, 4) is 11.8 Å². The first-order valence-corrected chi connectivity index (χ1v) is 16.9. The van der Waals surface area contributed by atoms with Gasteiger partial charge < -0.3 is 35.7 Å². The molecular weight excluding hydrogens is 596 g/mol. The molecule has 0 unspecified atom stereocenters. The van der Waals surface area contributed by atoms with Crippen LogP contribution in [0.15, 0.2) is 42.5 Å². The molecule has 2 aromatic carbocycles. The standard InChI is InChI=1S/C37H54N4O6/c1-6-25(4)35(37(44)40-21-27-10-8-26(20-38)9-11-27)41-36(43)31(24(2)3)19-33(42)32(39)23-46-22-28-12-15-30(29-13-14-29)34(18-28)47-17-7-16-45-5/h8-12,15,18,24-25,29,31-33,35,42H,6-7,13-14,16-17,19,21-23,39H2,1-5H3,(H,40,44)(H,41,43)/t25-,31-,32-,33-,35-/m0/s1. The fourth-order valence-electron chi connectivity index (χ4n) is 5.41. The zero-order valence-corrected chi connectivity index (χ0v) is 28.7. The van der Waals surface area contributed by atoms with Crippen molar-refractivity contribution < 1.29 is 28.9 Å². The van der Waals surface area contributed by atoms with Gasteiger partial charge in [-0.25, -0.2) is 0 Å². The first-order chi connectivity index (χ1) is 22.6. The molecule has 2 aromatic rings. The number of aliphatic hydroxyl groups is 1. The number of nitrogens with zero attached hydrogens (tertiary/aromatic N) is 1. The summed E-state index contributed by atoms with van der Waals surface area (Å²) in [6.07, 6.45) is 3.03. The van der Waals surface area contributed by atoms with Gasteiger partial charge in [-0.05, 0) is 71.9 Å². The van der Waals surface area contributed by atoms with Crippen LogP contribution in [0, 0.1) is 29.1 Å². The Morgan fingerprint density at radius 3 is 2.38 bits per heavy atom. The summed E-state index contributed by atoms with van der Waals surface area (Å²) in [5.74, 6) is 0.118. The van der Waals surface area contributed by atoms with Crippen molar-refractivity contribution in [2.75, 3.05) is 26.9 Å². The number of rotatable bonds is 21. The summed E-state index contributed by atoms with van der Waals surface area (Å²) in [6, 6.07) is 13.8. The van der Waals surface area contributed by atoms with Gasteiger partial charge >= 0.3 is 0 Å². The third kappa shape index (κ3) is 12.2. The molecule has 5 atom stereocenters. The van der Waals surface area contributed by atoms with Crippen LogP contribution >= 0.6 is 0 Å². The molecule has 0 saturated heterocycles. The normalized spacial score (nSPS) is 16.1. The number of nitriles is 1. The highest BCUT2D eigenvalue weighted by molar-refractivity contribution is 5.88. The second kappa shape index (κ2) is 19.4. The number of carbonyl (C=O) groups excluding carboxylic acids is 2. The van der Waals surface area contributed by atoms with E-state index in [0.717, 1.165) is 23.3 Å². The fourth-order valence-corrected chi connectivity index (χ4v) is 5.41. The summed E-state index contributed by atoms with van der Waals surface area (Å²) >= 11 is 0. The van der Waals surface area contributed by atoms with Gasteiger partial charge in [-0.3, -0.25) is 9.59 Å². The van der Waals surface area contributed by atoms with Crippen LogP contribution in [-0.4, -0.2) is 62.0 Å². The molecule has 1 fully saturated rings. The lowest BCUT2D eigenvalue weighted by molar-refractivity contribution is -0.134. The second-order valence-electron chi connectivity index (χ2n) is 13.1. The van der Waals surface area contributed by atoms with Gasteiger partial charge in [-0.2, -0.15) is 5.26 Å². The smallest absolute Gasteiger partial charge is 0.243 e. The molecule has 3 rings (SSSR count). The van der Waals surface area contributed by atoms with Gasteiger partial charge in [0.15, 0.2) is 0 Å². The summed E-state index contributed by atoms with van der Waals surface area (Å²) in [5.41, 5.74) is 9.93. The Balaban J connectivity index is 1.53. The summed E-state index contributed by atoms with van der Waals surface area (Å²) in [4.78, 5) is 26.7. The molecule has 0 radical (unpaired) electrons. The Labute approximate surface area is 280 Å². The van der Waals surface area contributed by atoms with Crippen molar-refractivity contribution in [1.82, 2.24) is 10.6 Å². The summed E-state index contributed by atoms with van der Waals surface area (Å²) < 4.78 is 17.1. The molecular formula is C37H54N4O6. The molecule has 0 spiro atoms. The topological polar surface area (TPSA) is 156 Å². The highest BCUT2D eigenvalue weighted by Crippen LogP contribution is 2.44. The number of nitrogens with one attached hydrogen (secondary N) is 2. The minimum atomic E-state index is -0.975. The summed E-state index contributed by atoms with van der Waals surface area (Å²) in [5, 5.41) is 25.9. The molecule has 10 nitrogen and oxygen atoms in total. The second-order valence-corrected chi connectivity index (χ2v) is 13.1. The van der Waals surface area contributed by atoms with Gasteiger partial charge in [-0.15, -0.1) is 0 Å². The lowest BCUT2D eigenvalue weighted by Crippen LogP contribution is -2.52. The molecule has 0 aliphatic heterocycles. The number of amides is 2. The van der Waals surface area contributed by atoms with Crippen LogP contribution < -0.4 is 21.1 Å². The van der Waals surface area contributed by atoms with Gasteiger partial charge in [0.05, 0.1) is 43.6 Å². The average Bonchev–Trinajstić information content (AvgIpc) is 3.92. The van der Waals surface area contributed by atoms with Crippen molar-refractivity contribution in [2.45, 2.75) is 97.1 Å². The monoisotopic (exact) mass is 650 g/mol. The van der Waals surface area contributed by atoms with Crippen molar-refractivity contribution in [3.63, 3.8) is 0 Å². The number of aliphatic hydroxyl groups excluding tert-OH is 1. The maximum atomic E-state index is 13.5. The van der Waals surface area contributed by atoms with E-state index in [9.17, 15) is 14.7 Å². The molecule has 1 aliphatic rings. The van der Waals surface area contributed by atoms with E-state index >= 15 is 0 Å². The Morgan fingerprint density at radius 2 is 1.77 bits per heavy atom. The van der Waals surface area contributed by atoms with Crippen LogP contribution in [-0.2, 0) is 32.2 Å². The van der Waals surface area contributed by atoms with E-state index in [1.807, 2.05) is 39.8 Å². The third-order valence-electron chi connectivity index (χ3n) is 8.90. The van der Waals surface area contributed by atoms with Gasteiger partial charge in [0, 0.05) is 32.6 Å². The highest BCUT2D eigenvalue weighted by Gasteiger charge is 2.33. The molecule has 0 heterocycles. The largest absolute Gasteiger partial charge is 0.493 e. The van der Waals surface area contributed by atoms with Crippen molar-refractivity contribution in [1.29, 1.82) is 5.26 Å². The van der Waals surface area contributed by atoms with Crippen LogP contribution in [0.4, 0.5) is 0 Å². The Kier molecular flexibility index (Phi) is 15.6. The Hall–Kier alpha value is -3.49. The van der Waals surface area contributed by atoms with E-state index in [0.29, 0.717) is 37.7 Å². The molecule has 1 aliphatic carbocycles. The Bertz CT molecular complexity index is 1310. The maximum Gasteiger partial charge on any atom is 0.243 e. The predicted molar refractivity (Wildman–Crippen MR) is 181 cm³/mol. The molecule has 1 saturated carbocycles. The zero-order chi connectivity index (χ0) is 34.3. The van der Waals surface area contributed by atoms with E-state index < -0.39 is 24.1 Å². The predicted octanol–water partition coefficient (Wildman–Crippen LogP) is 4.57. The van der Waals surface area contributed by atoms with Crippen LogP contribution in [0.5, 0.6) is 5.75 Å². The van der Waals surface area contributed by atoms with E-state index in [1.54, 1.807) is 31.4 Å². The van der Waals surface area contributed by atoms with Gasteiger partial charge in [0.1, 0.15) is 11.8 Å². The fraction of sp³-hybridized carbons (Fsp3) is 0.595. The van der Waals surface area contributed by atoms with E-state index in [1.165, 1.54) is 18.4 Å². The SMILES string of the molecule is CC[C@H](C)[C@H](NC(=O)[C@@H](C[C@H](O)[C@@H](N)COCc1ccc(C2CC2)c(OCCCOC)c1)C(C)C)C(=O)NCc1ccc(C#N)cc1. The first-order valence-electron chi connectivity index (χ1n) is 16.9. The van der Waals surface area contributed by atoms with Gasteiger partial charge in [-0.1, -0.05) is 58.4 Å². The number of methoxy groups -OCH3 is 1. The number of ether oxygens (including phenoxy) is 3. The van der Waals surface area contributed by atoms with Crippen LogP contribution in [0.1, 0.15) is 88.0 Å². The number of carbonyl (C=O) groups is 2. The molecule has 5 N–H and O–H groups in total. The minimum absolute atomic E-state index is 0.0932. The zero-order valence-electron chi connectivity index (χ0n) is 28.7. The summed E-state index contributed by atoms with van der Waals surface area (Å²) in [7, 11) is 1.68. The van der Waals surface area contributed by atoms with Crippen molar-refractivity contribution >= 4 is 11.8 Å². The average molecular weight is 651 g/mol. The van der Waals surface area contributed by atoms with Gasteiger partial charge in [0.25, 0.3) is 0 Å². The number of nitrogens with two attached hydrogens (primary N) is 1. The first kappa shape index (κ1) is 38.0. The van der Waals surface area contributed by atoms with Crippen LogP contribution in [0.25, 0.3) is 0 Å². The molecule has 10 heteroatoms. The van der Waals surface area contributed by atoms with Crippen LogP contribution in [0.3, 0.4) is 0 Å². The lowest BCUT2D eigenvalue weighted by Gasteiger charge is -2.29. The molecule has 47 heavy (non-hydrogen) atoms. The lowest BCUT2D eigenvalue weighted by atomic mass is 9.86. The minimum Gasteiger partial charge on any atom is -0.493 e. The number of hydrogen-bond acceptors (Lipinski definition) is 8. The Morgan fingerprint density at radius 1 is 1.06 bits per heavy atom. The molecule has 0 aromatic heterocycles. The molecule has 0 bridgehead atoms. The van der Waals surface area contributed by atoms with E-state index in [4.69, 9.17) is 25.2 Å². The van der Waals surface area contributed by atoms with E-state index in [2.05, 4.69) is 22.8 Å². The number of benzene rings is 2. The van der Waals surface area contributed by atoms with Crippen molar-refractivity contribution in [2.24, 2.45) is 23.5 Å².